The Kier molecular flexibility index (Phi) is 3.39. The van der Waals surface area contributed by atoms with Crippen LogP contribution in [0.1, 0.15) is 38.0 Å². The highest BCUT2D eigenvalue weighted by Crippen LogP contribution is 2.41. The fourth-order valence-corrected chi connectivity index (χ4v) is 3.81. The van der Waals surface area contributed by atoms with E-state index in [4.69, 9.17) is 11.6 Å². The Morgan fingerprint density at radius 3 is 2.80 bits per heavy atom. The van der Waals surface area contributed by atoms with Crippen LogP contribution in [0.2, 0.25) is 4.34 Å². The zero-order valence-corrected chi connectivity index (χ0v) is 10.9. The van der Waals surface area contributed by atoms with Crippen molar-refractivity contribution in [2.24, 2.45) is 5.92 Å². The minimum Gasteiger partial charge on any atom is -0.307 e. The van der Waals surface area contributed by atoms with Crippen LogP contribution in [0.4, 0.5) is 0 Å². The predicted octanol–water partition coefficient (Wildman–Crippen LogP) is 4.03. The summed E-state index contributed by atoms with van der Waals surface area (Å²) in [6.45, 7) is 5.72. The molecule has 0 saturated carbocycles. The average Bonchev–Trinajstić information content (AvgIpc) is 2.73. The van der Waals surface area contributed by atoms with E-state index in [1.54, 1.807) is 11.3 Å². The first-order valence-corrected chi connectivity index (χ1v) is 6.83. The predicted molar refractivity (Wildman–Crippen MR) is 67.7 cm³/mol. The van der Waals surface area contributed by atoms with E-state index in [2.05, 4.69) is 25.2 Å². The van der Waals surface area contributed by atoms with Gasteiger partial charge < -0.3 is 5.32 Å². The maximum Gasteiger partial charge on any atom is 0.0931 e. The van der Waals surface area contributed by atoms with Crippen molar-refractivity contribution in [1.29, 1.82) is 0 Å². The summed E-state index contributed by atoms with van der Waals surface area (Å²) in [5.74, 6) is 0.719. The highest BCUT2D eigenvalue weighted by atomic mass is 35.5. The van der Waals surface area contributed by atoms with Gasteiger partial charge in [0.25, 0.3) is 0 Å². The molecule has 3 heteroatoms. The van der Waals surface area contributed by atoms with Crippen LogP contribution in [0.25, 0.3) is 0 Å². The molecule has 1 unspecified atom stereocenters. The third-order valence-electron chi connectivity index (χ3n) is 3.05. The van der Waals surface area contributed by atoms with Crippen molar-refractivity contribution in [1.82, 2.24) is 5.32 Å². The van der Waals surface area contributed by atoms with Crippen molar-refractivity contribution in [2.45, 2.75) is 38.6 Å². The average molecular weight is 244 g/mol. The minimum absolute atomic E-state index is 0.214. The summed E-state index contributed by atoms with van der Waals surface area (Å²) >= 11 is 7.76. The molecule has 15 heavy (non-hydrogen) atoms. The first kappa shape index (κ1) is 11.4. The second kappa shape index (κ2) is 4.44. The SMILES string of the molecule is CC(C)CC1(c2ccc(Cl)s2)CCCN1. The molecule has 1 fully saturated rings. The standard InChI is InChI=1S/C12H18ClNS/c1-9(2)8-12(6-3-7-14-12)10-4-5-11(13)15-10/h4-5,9,14H,3,6-8H2,1-2H3. The number of hydrogen-bond donors (Lipinski definition) is 1. The van der Waals surface area contributed by atoms with Crippen LogP contribution >= 0.6 is 22.9 Å². The van der Waals surface area contributed by atoms with Gasteiger partial charge >= 0.3 is 0 Å². The lowest BCUT2D eigenvalue weighted by molar-refractivity contribution is 0.317. The van der Waals surface area contributed by atoms with E-state index >= 15 is 0 Å². The van der Waals surface area contributed by atoms with Crippen molar-refractivity contribution >= 4 is 22.9 Å². The summed E-state index contributed by atoms with van der Waals surface area (Å²) in [5.41, 5.74) is 0.214. The molecule has 0 aromatic carbocycles. The van der Waals surface area contributed by atoms with Crippen LogP contribution in [-0.4, -0.2) is 6.54 Å². The number of nitrogens with one attached hydrogen (secondary N) is 1. The molecule has 0 amide bonds. The fraction of sp³-hybridized carbons (Fsp3) is 0.667. The molecule has 0 spiro atoms. The quantitative estimate of drug-likeness (QED) is 0.846. The molecule has 1 aliphatic heterocycles. The van der Waals surface area contributed by atoms with Crippen molar-refractivity contribution in [2.75, 3.05) is 6.54 Å². The Hall–Kier alpha value is -0.0500. The molecule has 1 saturated heterocycles. The van der Waals surface area contributed by atoms with Gasteiger partial charge in [-0.15, -0.1) is 11.3 Å². The van der Waals surface area contributed by atoms with Gasteiger partial charge in [-0.25, -0.2) is 0 Å². The molecule has 1 aromatic heterocycles. The third-order valence-corrected chi connectivity index (χ3v) is 4.48. The van der Waals surface area contributed by atoms with Gasteiger partial charge in [-0.3, -0.25) is 0 Å². The maximum atomic E-state index is 6.03. The van der Waals surface area contributed by atoms with E-state index in [1.807, 2.05) is 6.07 Å². The summed E-state index contributed by atoms with van der Waals surface area (Å²) in [4.78, 5) is 1.42. The van der Waals surface area contributed by atoms with Gasteiger partial charge in [0, 0.05) is 4.88 Å². The van der Waals surface area contributed by atoms with Crippen molar-refractivity contribution < 1.29 is 0 Å². The lowest BCUT2D eigenvalue weighted by atomic mass is 9.86. The van der Waals surface area contributed by atoms with Gasteiger partial charge in [0.2, 0.25) is 0 Å². The molecule has 1 aromatic rings. The molecule has 2 rings (SSSR count). The van der Waals surface area contributed by atoms with Crippen LogP contribution < -0.4 is 5.32 Å². The highest BCUT2D eigenvalue weighted by molar-refractivity contribution is 7.16. The Balaban J connectivity index is 2.26. The zero-order chi connectivity index (χ0) is 10.9. The Morgan fingerprint density at radius 1 is 1.53 bits per heavy atom. The summed E-state index contributed by atoms with van der Waals surface area (Å²) in [6, 6.07) is 4.21. The highest BCUT2D eigenvalue weighted by Gasteiger charge is 2.36. The Bertz CT molecular complexity index is 326. The van der Waals surface area contributed by atoms with E-state index in [-0.39, 0.29) is 5.54 Å². The van der Waals surface area contributed by atoms with Gasteiger partial charge in [0.05, 0.1) is 9.88 Å². The summed E-state index contributed by atoms with van der Waals surface area (Å²) in [7, 11) is 0. The molecular weight excluding hydrogens is 226 g/mol. The van der Waals surface area contributed by atoms with Gasteiger partial charge in [-0.05, 0) is 43.9 Å². The van der Waals surface area contributed by atoms with E-state index in [0.29, 0.717) is 0 Å². The lowest BCUT2D eigenvalue weighted by Crippen LogP contribution is -2.37. The molecule has 1 aliphatic rings. The number of hydrogen-bond acceptors (Lipinski definition) is 2. The molecule has 0 radical (unpaired) electrons. The van der Waals surface area contributed by atoms with E-state index in [9.17, 15) is 0 Å². The van der Waals surface area contributed by atoms with Crippen molar-refractivity contribution in [3.8, 4) is 0 Å². The van der Waals surface area contributed by atoms with Crippen molar-refractivity contribution in [3.05, 3.63) is 21.3 Å². The van der Waals surface area contributed by atoms with Gasteiger partial charge in [0.1, 0.15) is 0 Å². The minimum atomic E-state index is 0.214. The monoisotopic (exact) mass is 243 g/mol. The maximum absolute atomic E-state index is 6.03. The number of halogens is 1. The van der Waals surface area contributed by atoms with Gasteiger partial charge in [0.15, 0.2) is 0 Å². The summed E-state index contributed by atoms with van der Waals surface area (Å²) in [5, 5.41) is 3.68. The first-order chi connectivity index (χ1) is 7.12. The Labute approximate surface area is 101 Å². The topological polar surface area (TPSA) is 12.0 Å². The van der Waals surface area contributed by atoms with E-state index in [1.165, 1.54) is 24.1 Å². The molecule has 2 heterocycles. The first-order valence-electron chi connectivity index (χ1n) is 5.63. The van der Waals surface area contributed by atoms with Crippen LogP contribution in [0.15, 0.2) is 12.1 Å². The zero-order valence-electron chi connectivity index (χ0n) is 9.35. The Morgan fingerprint density at radius 2 is 2.33 bits per heavy atom. The van der Waals surface area contributed by atoms with E-state index in [0.717, 1.165) is 16.8 Å². The van der Waals surface area contributed by atoms with Gasteiger partial charge in [-0.2, -0.15) is 0 Å². The summed E-state index contributed by atoms with van der Waals surface area (Å²) in [6.07, 6.45) is 3.74. The third kappa shape index (κ3) is 2.38. The second-order valence-corrected chi connectivity index (χ2v) is 6.53. The normalized spacial score (nSPS) is 26.4. The molecule has 1 N–H and O–H groups in total. The number of thiophene rings is 1. The molecular formula is C12H18ClNS. The molecule has 1 nitrogen and oxygen atoms in total. The fourth-order valence-electron chi connectivity index (χ4n) is 2.56. The molecule has 0 bridgehead atoms. The van der Waals surface area contributed by atoms with Crippen LogP contribution in [0, 0.1) is 5.92 Å². The van der Waals surface area contributed by atoms with Crippen LogP contribution in [0.3, 0.4) is 0 Å². The molecule has 1 atom stereocenters. The van der Waals surface area contributed by atoms with Crippen LogP contribution in [0.5, 0.6) is 0 Å². The molecule has 84 valence electrons. The summed E-state index contributed by atoms with van der Waals surface area (Å²) < 4.78 is 0.904. The smallest absolute Gasteiger partial charge is 0.0931 e. The number of rotatable bonds is 3. The van der Waals surface area contributed by atoms with Crippen molar-refractivity contribution in [3.63, 3.8) is 0 Å². The lowest BCUT2D eigenvalue weighted by Gasteiger charge is -2.30. The van der Waals surface area contributed by atoms with Crippen LogP contribution in [-0.2, 0) is 5.54 Å². The van der Waals surface area contributed by atoms with Gasteiger partial charge in [-0.1, -0.05) is 25.4 Å². The molecule has 0 aliphatic carbocycles. The largest absolute Gasteiger partial charge is 0.307 e. The van der Waals surface area contributed by atoms with E-state index < -0.39 is 0 Å². The second-order valence-electron chi connectivity index (χ2n) is 4.81.